The van der Waals surface area contributed by atoms with Crippen LogP contribution in [0.5, 0.6) is 0 Å². The monoisotopic (exact) mass is 366 g/mol. The van der Waals surface area contributed by atoms with Crippen LogP contribution in [0.3, 0.4) is 0 Å². The SMILES string of the molecule is Cn1nc(C2CCNCC2)nc1NC(=O)CCCc1c[nH]c2ccccc12. The first-order valence-corrected chi connectivity index (χ1v) is 9.67. The van der Waals surface area contributed by atoms with E-state index in [4.69, 9.17) is 0 Å². The van der Waals surface area contributed by atoms with E-state index in [1.54, 1.807) is 4.68 Å². The summed E-state index contributed by atoms with van der Waals surface area (Å²) in [4.78, 5) is 20.2. The van der Waals surface area contributed by atoms with Crippen LogP contribution in [-0.4, -0.2) is 38.7 Å². The van der Waals surface area contributed by atoms with E-state index in [-0.39, 0.29) is 5.91 Å². The van der Waals surface area contributed by atoms with Gasteiger partial charge < -0.3 is 10.3 Å². The zero-order valence-corrected chi connectivity index (χ0v) is 15.7. The van der Waals surface area contributed by atoms with Gasteiger partial charge in [-0.25, -0.2) is 4.68 Å². The van der Waals surface area contributed by atoms with E-state index >= 15 is 0 Å². The van der Waals surface area contributed by atoms with Gasteiger partial charge in [-0.1, -0.05) is 18.2 Å². The first kappa shape index (κ1) is 17.7. The topological polar surface area (TPSA) is 87.6 Å². The quantitative estimate of drug-likeness (QED) is 0.626. The Morgan fingerprint density at radius 1 is 1.30 bits per heavy atom. The van der Waals surface area contributed by atoms with E-state index in [1.807, 2.05) is 25.4 Å². The predicted octanol–water partition coefficient (Wildman–Crippen LogP) is 2.72. The zero-order valence-electron chi connectivity index (χ0n) is 15.7. The summed E-state index contributed by atoms with van der Waals surface area (Å²) in [6.45, 7) is 2.00. The van der Waals surface area contributed by atoms with Crippen LogP contribution in [-0.2, 0) is 18.3 Å². The summed E-state index contributed by atoms with van der Waals surface area (Å²) in [5, 5.41) is 12.0. The van der Waals surface area contributed by atoms with Crippen LogP contribution >= 0.6 is 0 Å². The summed E-state index contributed by atoms with van der Waals surface area (Å²) in [5.41, 5.74) is 2.40. The first-order valence-electron chi connectivity index (χ1n) is 9.67. The third-order valence-electron chi connectivity index (χ3n) is 5.26. The summed E-state index contributed by atoms with van der Waals surface area (Å²) < 4.78 is 1.68. The molecule has 1 amide bonds. The lowest BCUT2D eigenvalue weighted by molar-refractivity contribution is -0.116. The Morgan fingerprint density at radius 2 is 2.11 bits per heavy atom. The molecule has 0 spiro atoms. The second kappa shape index (κ2) is 7.92. The van der Waals surface area contributed by atoms with Gasteiger partial charge >= 0.3 is 0 Å². The maximum absolute atomic E-state index is 12.3. The molecule has 7 nitrogen and oxygen atoms in total. The van der Waals surface area contributed by atoms with Gasteiger partial charge in [0.05, 0.1) is 0 Å². The molecule has 1 saturated heterocycles. The minimum Gasteiger partial charge on any atom is -0.361 e. The Balaban J connectivity index is 1.31. The number of fused-ring (bicyclic) bond motifs is 1. The minimum atomic E-state index is -0.0118. The number of benzene rings is 1. The van der Waals surface area contributed by atoms with Crippen LogP contribution in [0.25, 0.3) is 10.9 Å². The summed E-state index contributed by atoms with van der Waals surface area (Å²) in [7, 11) is 1.83. The van der Waals surface area contributed by atoms with Crippen molar-refractivity contribution in [3.05, 3.63) is 41.9 Å². The molecule has 1 aliphatic rings. The number of nitrogens with one attached hydrogen (secondary N) is 3. The minimum absolute atomic E-state index is 0.0118. The van der Waals surface area contributed by atoms with Crippen molar-refractivity contribution in [1.29, 1.82) is 0 Å². The summed E-state index contributed by atoms with van der Waals surface area (Å²) >= 11 is 0. The van der Waals surface area contributed by atoms with Crippen LogP contribution in [0, 0.1) is 0 Å². The highest BCUT2D eigenvalue weighted by molar-refractivity contribution is 5.89. The van der Waals surface area contributed by atoms with E-state index in [9.17, 15) is 4.79 Å². The van der Waals surface area contributed by atoms with Gasteiger partial charge in [0, 0.05) is 36.5 Å². The average Bonchev–Trinajstić information content (AvgIpc) is 3.27. The van der Waals surface area contributed by atoms with Gasteiger partial charge in [-0.15, -0.1) is 0 Å². The van der Waals surface area contributed by atoms with Crippen LogP contribution in [0.15, 0.2) is 30.5 Å². The molecule has 142 valence electrons. The van der Waals surface area contributed by atoms with Gasteiger partial charge in [0.1, 0.15) is 0 Å². The highest BCUT2D eigenvalue weighted by Crippen LogP contribution is 2.23. The highest BCUT2D eigenvalue weighted by atomic mass is 16.1. The van der Waals surface area contributed by atoms with E-state index in [0.717, 1.165) is 50.1 Å². The van der Waals surface area contributed by atoms with E-state index in [0.29, 0.717) is 18.3 Å². The van der Waals surface area contributed by atoms with Gasteiger partial charge in [0.2, 0.25) is 11.9 Å². The lowest BCUT2D eigenvalue weighted by Crippen LogP contribution is -2.27. The average molecular weight is 366 g/mol. The highest BCUT2D eigenvalue weighted by Gasteiger charge is 2.21. The van der Waals surface area contributed by atoms with E-state index in [2.05, 4.69) is 37.8 Å². The Kier molecular flexibility index (Phi) is 5.20. The van der Waals surface area contributed by atoms with Crippen LogP contribution in [0.4, 0.5) is 5.95 Å². The molecule has 1 aliphatic heterocycles. The number of carbonyl (C=O) groups excluding carboxylic acids is 1. The molecular weight excluding hydrogens is 340 g/mol. The molecule has 3 heterocycles. The van der Waals surface area contributed by atoms with E-state index in [1.165, 1.54) is 10.9 Å². The smallest absolute Gasteiger partial charge is 0.227 e. The third kappa shape index (κ3) is 4.03. The Bertz CT molecular complexity index is 922. The Morgan fingerprint density at radius 3 is 2.96 bits per heavy atom. The number of nitrogens with zero attached hydrogens (tertiary/aromatic N) is 3. The fraction of sp³-hybridized carbons (Fsp3) is 0.450. The van der Waals surface area contributed by atoms with Crippen molar-refractivity contribution in [3.8, 4) is 0 Å². The summed E-state index contributed by atoms with van der Waals surface area (Å²) in [6, 6.07) is 8.25. The lowest BCUT2D eigenvalue weighted by Gasteiger charge is -2.19. The molecule has 1 fully saturated rings. The molecule has 3 aromatic rings. The maximum atomic E-state index is 12.3. The number of hydrogen-bond donors (Lipinski definition) is 3. The van der Waals surface area contributed by atoms with Crippen molar-refractivity contribution in [3.63, 3.8) is 0 Å². The van der Waals surface area contributed by atoms with Crippen LogP contribution < -0.4 is 10.6 Å². The molecule has 0 bridgehead atoms. The van der Waals surface area contributed by atoms with Gasteiger partial charge in [0.25, 0.3) is 0 Å². The van der Waals surface area contributed by atoms with Crippen LogP contribution in [0.2, 0.25) is 0 Å². The summed E-state index contributed by atoms with van der Waals surface area (Å²) in [5.74, 6) is 1.75. The van der Waals surface area contributed by atoms with Gasteiger partial charge in [-0.05, 0) is 50.4 Å². The molecule has 0 aliphatic carbocycles. The maximum Gasteiger partial charge on any atom is 0.227 e. The van der Waals surface area contributed by atoms with Gasteiger partial charge in [0.15, 0.2) is 5.82 Å². The normalized spacial score (nSPS) is 15.3. The number of piperidine rings is 1. The molecule has 3 N–H and O–H groups in total. The largest absolute Gasteiger partial charge is 0.361 e. The molecule has 0 unspecified atom stereocenters. The number of rotatable bonds is 6. The van der Waals surface area contributed by atoms with Crippen molar-refractivity contribution in [2.75, 3.05) is 18.4 Å². The van der Waals surface area contributed by atoms with Crippen molar-refractivity contribution < 1.29 is 4.79 Å². The molecule has 1 aromatic carbocycles. The number of anilines is 1. The Hall–Kier alpha value is -2.67. The standard InChI is InChI=1S/C20H26N6O/c1-26-20(24-19(25-26)14-9-11-21-12-10-14)23-18(27)8-4-5-15-13-22-17-7-3-2-6-16(15)17/h2-3,6-7,13-14,21-22H,4-5,8-12H2,1H3,(H,23,24,25,27). The molecule has 0 saturated carbocycles. The number of amides is 1. The number of aryl methyl sites for hydroxylation is 2. The number of para-hydroxylation sites is 1. The second-order valence-electron chi connectivity index (χ2n) is 7.20. The number of H-pyrrole nitrogens is 1. The fourth-order valence-electron chi connectivity index (χ4n) is 3.73. The molecule has 4 rings (SSSR count). The first-order chi connectivity index (χ1) is 13.2. The van der Waals surface area contributed by atoms with Crippen LogP contribution in [0.1, 0.15) is 43.0 Å². The molecule has 2 aromatic heterocycles. The molecule has 27 heavy (non-hydrogen) atoms. The fourth-order valence-corrected chi connectivity index (χ4v) is 3.73. The molecule has 0 radical (unpaired) electrons. The summed E-state index contributed by atoms with van der Waals surface area (Å²) in [6.07, 6.45) is 6.26. The zero-order chi connectivity index (χ0) is 18.6. The third-order valence-corrected chi connectivity index (χ3v) is 5.26. The number of hydrogen-bond acceptors (Lipinski definition) is 4. The van der Waals surface area contributed by atoms with E-state index < -0.39 is 0 Å². The van der Waals surface area contributed by atoms with Crippen molar-refractivity contribution in [1.82, 2.24) is 25.1 Å². The van der Waals surface area contributed by atoms with Gasteiger partial charge in [-0.3, -0.25) is 10.1 Å². The molecular formula is C20H26N6O. The molecule has 7 heteroatoms. The van der Waals surface area contributed by atoms with Gasteiger partial charge in [-0.2, -0.15) is 10.1 Å². The number of aromatic nitrogens is 4. The van der Waals surface area contributed by atoms with Crippen molar-refractivity contribution >= 4 is 22.8 Å². The van der Waals surface area contributed by atoms with Crippen molar-refractivity contribution in [2.45, 2.75) is 38.0 Å². The number of carbonyl (C=O) groups is 1. The lowest BCUT2D eigenvalue weighted by atomic mass is 9.98. The second-order valence-corrected chi connectivity index (χ2v) is 7.20. The van der Waals surface area contributed by atoms with Crippen molar-refractivity contribution in [2.24, 2.45) is 7.05 Å². The molecule has 0 atom stereocenters. The number of aromatic amines is 1. The predicted molar refractivity (Wildman–Crippen MR) is 106 cm³/mol. The Labute approximate surface area is 158 Å².